The van der Waals surface area contributed by atoms with Crippen LogP contribution in [0.15, 0.2) is 59.1 Å². The molecule has 2 aromatic carbocycles. The SMILES string of the molecule is CC(=O)N(NCc1cccc(F)c1Cl)[C@@H](CCC(=O)N1CCN(C)CC1)COC(=O)Nc1cc(-c2ccccc2)on1. The van der Waals surface area contributed by atoms with Crippen molar-refractivity contribution in [2.75, 3.05) is 45.2 Å². The highest BCUT2D eigenvalue weighted by atomic mass is 35.5. The Hall–Kier alpha value is -4.00. The number of amides is 3. The third-order valence-corrected chi connectivity index (χ3v) is 7.35. The molecule has 0 radical (unpaired) electrons. The second kappa shape index (κ2) is 14.8. The Kier molecular flexibility index (Phi) is 10.9. The minimum atomic E-state index is -0.810. The Morgan fingerprint density at radius 2 is 1.86 bits per heavy atom. The molecule has 42 heavy (non-hydrogen) atoms. The van der Waals surface area contributed by atoms with Crippen LogP contribution in [0.25, 0.3) is 11.3 Å². The number of aromatic nitrogens is 1. The summed E-state index contributed by atoms with van der Waals surface area (Å²) < 4.78 is 24.7. The Morgan fingerprint density at radius 1 is 1.12 bits per heavy atom. The fourth-order valence-electron chi connectivity index (χ4n) is 4.53. The molecule has 0 bridgehead atoms. The maximum absolute atomic E-state index is 14.0. The molecule has 0 unspecified atom stereocenters. The van der Waals surface area contributed by atoms with Gasteiger partial charge in [-0.15, -0.1) is 0 Å². The summed E-state index contributed by atoms with van der Waals surface area (Å²) in [4.78, 5) is 42.2. The highest BCUT2D eigenvalue weighted by molar-refractivity contribution is 6.31. The summed E-state index contributed by atoms with van der Waals surface area (Å²) in [6, 6.07) is 14.5. The Balaban J connectivity index is 1.41. The second-order valence-corrected chi connectivity index (χ2v) is 10.4. The lowest BCUT2D eigenvalue weighted by Crippen LogP contribution is -2.51. The topological polar surface area (TPSA) is 120 Å². The zero-order valence-corrected chi connectivity index (χ0v) is 24.3. The largest absolute Gasteiger partial charge is 0.447 e. The molecule has 0 saturated carbocycles. The third-order valence-electron chi connectivity index (χ3n) is 6.93. The van der Waals surface area contributed by atoms with Gasteiger partial charge in [-0.3, -0.25) is 19.9 Å². The van der Waals surface area contributed by atoms with E-state index in [9.17, 15) is 18.8 Å². The smallest absolute Gasteiger partial charge is 0.412 e. The molecule has 1 aliphatic rings. The number of rotatable bonds is 11. The average molecular weight is 601 g/mol. The van der Waals surface area contributed by atoms with E-state index < -0.39 is 18.0 Å². The number of carbonyl (C=O) groups is 3. The van der Waals surface area contributed by atoms with E-state index in [2.05, 4.69) is 20.8 Å². The normalized spacial score (nSPS) is 14.3. The van der Waals surface area contributed by atoms with E-state index in [-0.39, 0.29) is 48.6 Å². The van der Waals surface area contributed by atoms with Crippen molar-refractivity contribution in [3.05, 3.63) is 71.0 Å². The number of hydrogen-bond donors (Lipinski definition) is 2. The summed E-state index contributed by atoms with van der Waals surface area (Å²) >= 11 is 6.09. The van der Waals surface area contributed by atoms with Gasteiger partial charge in [0.15, 0.2) is 11.6 Å². The van der Waals surface area contributed by atoms with Crippen LogP contribution in [0.3, 0.4) is 0 Å². The molecule has 13 heteroatoms. The quantitative estimate of drug-likeness (QED) is 0.315. The van der Waals surface area contributed by atoms with Crippen LogP contribution in [0, 0.1) is 5.82 Å². The molecular formula is C29H34ClFN6O5. The van der Waals surface area contributed by atoms with Crippen molar-refractivity contribution in [3.8, 4) is 11.3 Å². The molecule has 0 spiro atoms. The maximum atomic E-state index is 14.0. The molecule has 3 aromatic rings. The van der Waals surface area contributed by atoms with E-state index in [0.717, 1.165) is 18.7 Å². The van der Waals surface area contributed by atoms with E-state index in [1.807, 2.05) is 37.4 Å². The van der Waals surface area contributed by atoms with E-state index in [0.29, 0.717) is 24.4 Å². The summed E-state index contributed by atoms with van der Waals surface area (Å²) in [5, 5.41) is 7.60. The van der Waals surface area contributed by atoms with Crippen LogP contribution in [0.2, 0.25) is 5.02 Å². The number of carbonyl (C=O) groups excluding carboxylic acids is 3. The van der Waals surface area contributed by atoms with Crippen LogP contribution >= 0.6 is 11.6 Å². The molecule has 3 amide bonds. The number of nitrogens with zero attached hydrogens (tertiary/aromatic N) is 4. The molecule has 224 valence electrons. The predicted molar refractivity (Wildman–Crippen MR) is 155 cm³/mol. The summed E-state index contributed by atoms with van der Waals surface area (Å²) in [5.74, 6) is -0.391. The number of hydrazine groups is 1. The number of likely N-dealkylation sites (N-methyl/N-ethyl adjacent to an activating group) is 1. The van der Waals surface area contributed by atoms with Gasteiger partial charge in [-0.25, -0.2) is 14.6 Å². The van der Waals surface area contributed by atoms with Gasteiger partial charge in [-0.05, 0) is 25.1 Å². The number of anilines is 1. The highest BCUT2D eigenvalue weighted by Gasteiger charge is 2.27. The standard InChI is InChI=1S/C29H34ClFN6O5/c1-20(38)37(32-18-22-9-6-10-24(31)28(22)30)23(11-12-27(39)36-15-13-35(2)14-16-36)19-41-29(40)33-26-17-25(42-34-26)21-7-4-3-5-8-21/h3-10,17,23,32H,11-16,18-19H2,1-2H3,(H,33,34,40)/t23-/m0/s1. The fourth-order valence-corrected chi connectivity index (χ4v) is 4.72. The van der Waals surface area contributed by atoms with Crippen molar-refractivity contribution in [3.63, 3.8) is 0 Å². The monoisotopic (exact) mass is 600 g/mol. The summed E-state index contributed by atoms with van der Waals surface area (Å²) in [5.41, 5.74) is 4.20. The zero-order valence-electron chi connectivity index (χ0n) is 23.5. The van der Waals surface area contributed by atoms with Gasteiger partial charge in [-0.2, -0.15) is 0 Å². The van der Waals surface area contributed by atoms with Gasteiger partial charge in [0, 0.05) is 57.7 Å². The van der Waals surface area contributed by atoms with E-state index in [4.69, 9.17) is 20.9 Å². The first kappa shape index (κ1) is 30.9. The first-order valence-electron chi connectivity index (χ1n) is 13.6. The lowest BCUT2D eigenvalue weighted by atomic mass is 10.1. The van der Waals surface area contributed by atoms with Gasteiger partial charge in [0.05, 0.1) is 11.1 Å². The Morgan fingerprint density at radius 3 is 2.57 bits per heavy atom. The van der Waals surface area contributed by atoms with Gasteiger partial charge in [0.1, 0.15) is 12.4 Å². The Labute approximate surface area is 248 Å². The number of hydrogen-bond acceptors (Lipinski definition) is 8. The van der Waals surface area contributed by atoms with Crippen LogP contribution in [-0.2, 0) is 20.9 Å². The number of nitrogens with one attached hydrogen (secondary N) is 2. The molecule has 2 N–H and O–H groups in total. The molecule has 11 nitrogen and oxygen atoms in total. The van der Waals surface area contributed by atoms with E-state index in [1.165, 1.54) is 24.1 Å². The second-order valence-electron chi connectivity index (χ2n) is 9.98. The Bertz CT molecular complexity index is 1370. The van der Waals surface area contributed by atoms with Crippen molar-refractivity contribution < 1.29 is 28.0 Å². The average Bonchev–Trinajstić information content (AvgIpc) is 3.45. The number of halogens is 2. The predicted octanol–water partition coefficient (Wildman–Crippen LogP) is 4.16. The number of ether oxygens (including phenoxy) is 1. The third kappa shape index (κ3) is 8.51. The van der Waals surface area contributed by atoms with Crippen molar-refractivity contribution in [1.82, 2.24) is 25.4 Å². The molecule has 1 aromatic heterocycles. The highest BCUT2D eigenvalue weighted by Crippen LogP contribution is 2.22. The van der Waals surface area contributed by atoms with Gasteiger partial charge < -0.3 is 19.1 Å². The van der Waals surface area contributed by atoms with Gasteiger partial charge in [-0.1, -0.05) is 59.2 Å². The minimum Gasteiger partial charge on any atom is -0.447 e. The van der Waals surface area contributed by atoms with Crippen molar-refractivity contribution >= 4 is 35.3 Å². The summed E-state index contributed by atoms with van der Waals surface area (Å²) in [6.07, 6.45) is -0.464. The molecule has 1 atom stereocenters. The molecular weight excluding hydrogens is 567 g/mol. The first-order valence-corrected chi connectivity index (χ1v) is 14.0. The van der Waals surface area contributed by atoms with Crippen LogP contribution in [0.5, 0.6) is 0 Å². The van der Waals surface area contributed by atoms with Crippen LogP contribution in [-0.4, -0.2) is 83.7 Å². The first-order chi connectivity index (χ1) is 20.2. The molecule has 1 aliphatic heterocycles. The van der Waals surface area contributed by atoms with E-state index in [1.54, 1.807) is 17.0 Å². The number of benzene rings is 2. The van der Waals surface area contributed by atoms with Gasteiger partial charge >= 0.3 is 6.09 Å². The van der Waals surface area contributed by atoms with Crippen LogP contribution < -0.4 is 10.7 Å². The number of piperazine rings is 1. The van der Waals surface area contributed by atoms with Crippen LogP contribution in [0.1, 0.15) is 25.3 Å². The minimum absolute atomic E-state index is 0.0342. The van der Waals surface area contributed by atoms with Gasteiger partial charge in [0.2, 0.25) is 11.8 Å². The van der Waals surface area contributed by atoms with Crippen molar-refractivity contribution in [2.45, 2.75) is 32.4 Å². The molecule has 0 aliphatic carbocycles. The summed E-state index contributed by atoms with van der Waals surface area (Å²) in [7, 11) is 2.00. The van der Waals surface area contributed by atoms with Crippen LogP contribution in [0.4, 0.5) is 15.0 Å². The molecule has 4 rings (SSSR count). The summed E-state index contributed by atoms with van der Waals surface area (Å²) in [6.45, 7) is 3.95. The lowest BCUT2D eigenvalue weighted by Gasteiger charge is -2.34. The van der Waals surface area contributed by atoms with E-state index >= 15 is 0 Å². The maximum Gasteiger partial charge on any atom is 0.412 e. The molecule has 1 fully saturated rings. The van der Waals surface area contributed by atoms with Crippen molar-refractivity contribution in [1.29, 1.82) is 0 Å². The zero-order chi connectivity index (χ0) is 30.1. The molecule has 1 saturated heterocycles. The lowest BCUT2D eigenvalue weighted by molar-refractivity contribution is -0.139. The fraction of sp³-hybridized carbons (Fsp3) is 0.379. The van der Waals surface area contributed by atoms with Gasteiger partial charge in [0.25, 0.3) is 0 Å². The molecule has 2 heterocycles. The van der Waals surface area contributed by atoms with Crippen molar-refractivity contribution in [2.24, 2.45) is 0 Å².